The molecule has 0 saturated carbocycles. The number of carbonyl (C=O) groups is 3. The number of nitrogens with zero attached hydrogens (tertiary/aromatic N) is 5. The highest BCUT2D eigenvalue weighted by Crippen LogP contribution is 2.57. The van der Waals surface area contributed by atoms with Crippen LogP contribution in [0.2, 0.25) is 0 Å². The Balaban J connectivity index is 1.96. The van der Waals surface area contributed by atoms with Gasteiger partial charge in [0.2, 0.25) is 5.91 Å². The quantitative estimate of drug-likeness (QED) is 0.158. The van der Waals surface area contributed by atoms with Crippen LogP contribution in [0.4, 0.5) is 5.13 Å². The molecule has 0 bridgehead atoms. The van der Waals surface area contributed by atoms with Crippen molar-refractivity contribution in [1.29, 1.82) is 0 Å². The number of aromatic amines is 1. The van der Waals surface area contributed by atoms with Gasteiger partial charge >= 0.3 is 5.97 Å². The summed E-state index contributed by atoms with van der Waals surface area (Å²) in [5.74, 6) is -2.25. The number of anilines is 1. The first kappa shape index (κ1) is 24.0. The van der Waals surface area contributed by atoms with Gasteiger partial charge in [0.15, 0.2) is 15.2 Å². The molecule has 0 spiro atoms. The zero-order chi connectivity index (χ0) is 24.5. The van der Waals surface area contributed by atoms with Gasteiger partial charge in [0.25, 0.3) is 5.91 Å². The lowest BCUT2D eigenvalue weighted by Gasteiger charge is -2.52. The lowest BCUT2D eigenvalue weighted by molar-refractivity contribution is -0.146. The van der Waals surface area contributed by atoms with E-state index in [1.165, 1.54) is 41.9 Å². The monoisotopic (exact) mass is 524 g/mol. The molecule has 34 heavy (non-hydrogen) atoms. The molecule has 0 aromatic carbocycles. The molecule has 1 fully saturated rings. The third-order valence-electron chi connectivity index (χ3n) is 5.09. The van der Waals surface area contributed by atoms with Gasteiger partial charge in [-0.3, -0.25) is 19.6 Å². The van der Waals surface area contributed by atoms with Gasteiger partial charge in [-0.2, -0.15) is 5.10 Å². The van der Waals surface area contributed by atoms with E-state index in [4.69, 9.17) is 5.73 Å². The fourth-order valence-electron chi connectivity index (χ4n) is 3.76. The summed E-state index contributed by atoms with van der Waals surface area (Å²) in [6, 6.07) is 0. The maximum absolute atomic E-state index is 12.9. The van der Waals surface area contributed by atoms with Crippen molar-refractivity contribution in [2.24, 2.45) is 5.16 Å². The fraction of sp³-hybridized carbons (Fsp3) is 0.389. The Kier molecular flexibility index (Phi) is 6.81. The third kappa shape index (κ3) is 4.23. The molecule has 4 heterocycles. The van der Waals surface area contributed by atoms with Crippen LogP contribution >= 0.6 is 34.9 Å². The highest BCUT2D eigenvalue weighted by atomic mass is 32.2. The molecule has 1 saturated heterocycles. The maximum atomic E-state index is 12.9. The van der Waals surface area contributed by atoms with E-state index in [9.17, 15) is 19.5 Å². The number of nitrogens with one attached hydrogen (secondary N) is 2. The Bertz CT molecular complexity index is 1170. The molecule has 13 nitrogen and oxygen atoms in total. The molecule has 4 rings (SSSR count). The Hall–Kier alpha value is -3.11. The summed E-state index contributed by atoms with van der Waals surface area (Å²) in [6.07, 6.45) is 2.83. The Morgan fingerprint density at radius 2 is 2.38 bits per heavy atom. The number of fused-ring (bicyclic) bond motifs is 1. The average Bonchev–Trinajstić information content (AvgIpc) is 3.47. The lowest BCUT2D eigenvalue weighted by Crippen LogP contribution is -2.62. The molecule has 2 aliphatic rings. The smallest absolute Gasteiger partial charge is 0.352 e. The molecular weight excluding hydrogens is 504 g/mol. The zero-order valence-corrected chi connectivity index (χ0v) is 20.4. The van der Waals surface area contributed by atoms with E-state index in [1.807, 2.05) is 6.92 Å². The first-order chi connectivity index (χ1) is 16.3. The van der Waals surface area contributed by atoms with Crippen molar-refractivity contribution in [3.63, 3.8) is 0 Å². The van der Waals surface area contributed by atoms with Gasteiger partial charge in [-0.25, -0.2) is 14.8 Å². The number of aromatic nitrogens is 4. The van der Waals surface area contributed by atoms with Crippen molar-refractivity contribution in [2.45, 2.75) is 40.4 Å². The van der Waals surface area contributed by atoms with Gasteiger partial charge in [0.05, 0.1) is 17.5 Å². The predicted molar refractivity (Wildman–Crippen MR) is 126 cm³/mol. The van der Waals surface area contributed by atoms with Crippen molar-refractivity contribution in [3.05, 3.63) is 28.7 Å². The third-order valence-corrected chi connectivity index (χ3v) is 8.58. The largest absolute Gasteiger partial charge is 0.477 e. The van der Waals surface area contributed by atoms with E-state index in [0.717, 1.165) is 17.6 Å². The number of carbonyl (C=O) groups excluding carboxylic acids is 2. The highest BCUT2D eigenvalue weighted by molar-refractivity contribution is 8.01. The minimum atomic E-state index is -1.45. The Morgan fingerprint density at radius 1 is 1.59 bits per heavy atom. The molecule has 3 atom stereocenters. The molecule has 2 aromatic rings. The second-order valence-corrected chi connectivity index (χ2v) is 10.5. The second-order valence-electron chi connectivity index (χ2n) is 7.07. The number of aliphatic carboxylic acids is 1. The van der Waals surface area contributed by atoms with Crippen molar-refractivity contribution < 1.29 is 24.3 Å². The van der Waals surface area contributed by atoms with Crippen LogP contribution in [0.1, 0.15) is 25.5 Å². The zero-order valence-electron chi connectivity index (χ0n) is 17.9. The number of H-pyrrole nitrogens is 1. The minimum absolute atomic E-state index is 0.115. The summed E-state index contributed by atoms with van der Waals surface area (Å²) in [5.41, 5.74) is 6.36. The number of thiazole rings is 1. The fourth-order valence-corrected chi connectivity index (χ4v) is 7.29. The molecule has 2 unspecified atom stereocenters. The molecule has 0 radical (unpaired) electrons. The van der Waals surface area contributed by atoms with Crippen LogP contribution in [-0.4, -0.2) is 71.9 Å². The number of β-lactam (4-membered cyclic amide) rings is 1. The second kappa shape index (κ2) is 9.63. The van der Waals surface area contributed by atoms with Crippen molar-refractivity contribution >= 4 is 64.0 Å². The standard InChI is InChI=1S/C18H20N8O5S3/c1-3-8(33-17-20-7-21-25-17)13-14(15(29)30)26-11(28)4-12(26)34-18(13,9-6-32-16(19)23-9)24-10(27)5-22-31-2/h5-8,12H,3-4H2,1-2H3,(H2,19,23)(H,24,27)(H,29,30)(H,20,21,25)/t8?,12-,18?/m0/s1. The van der Waals surface area contributed by atoms with Gasteiger partial charge in [0, 0.05) is 16.2 Å². The van der Waals surface area contributed by atoms with E-state index in [2.05, 4.69) is 35.5 Å². The highest BCUT2D eigenvalue weighted by Gasteiger charge is 2.58. The minimum Gasteiger partial charge on any atom is -0.477 e. The summed E-state index contributed by atoms with van der Waals surface area (Å²) in [6.45, 7) is 1.86. The van der Waals surface area contributed by atoms with E-state index in [1.54, 1.807) is 5.38 Å². The van der Waals surface area contributed by atoms with Crippen LogP contribution in [0.5, 0.6) is 0 Å². The average molecular weight is 525 g/mol. The van der Waals surface area contributed by atoms with Crippen LogP contribution in [0.15, 0.2) is 33.3 Å². The molecular formula is C18H20N8O5S3. The van der Waals surface area contributed by atoms with Crippen LogP contribution < -0.4 is 11.1 Å². The molecule has 2 amide bonds. The molecule has 16 heteroatoms. The number of thioether (sulfide) groups is 2. The van der Waals surface area contributed by atoms with E-state index >= 15 is 0 Å². The number of carboxylic acids is 1. The van der Waals surface area contributed by atoms with E-state index in [-0.39, 0.29) is 28.7 Å². The number of rotatable bonds is 9. The van der Waals surface area contributed by atoms with Gasteiger partial charge in [-0.05, 0) is 6.42 Å². The van der Waals surface area contributed by atoms with Crippen LogP contribution in [0.3, 0.4) is 0 Å². The topological polar surface area (TPSA) is 189 Å². The first-order valence-electron chi connectivity index (χ1n) is 9.90. The number of oxime groups is 1. The summed E-state index contributed by atoms with van der Waals surface area (Å²) in [4.78, 5) is 50.9. The number of hydrogen-bond donors (Lipinski definition) is 4. The summed E-state index contributed by atoms with van der Waals surface area (Å²) in [5, 5.41) is 24.6. The van der Waals surface area contributed by atoms with E-state index < -0.39 is 27.4 Å². The van der Waals surface area contributed by atoms with Gasteiger partial charge in [-0.1, -0.05) is 35.6 Å². The number of carboxylic acid groups (broad SMARTS) is 1. The number of amides is 2. The normalized spacial score (nSPS) is 22.9. The van der Waals surface area contributed by atoms with Crippen LogP contribution in [0.25, 0.3) is 0 Å². The number of hydrogen-bond acceptors (Lipinski definition) is 12. The first-order valence-corrected chi connectivity index (χ1v) is 12.5. The van der Waals surface area contributed by atoms with Crippen molar-refractivity contribution in [3.8, 4) is 0 Å². The summed E-state index contributed by atoms with van der Waals surface area (Å²) >= 11 is 3.61. The van der Waals surface area contributed by atoms with Gasteiger partial charge in [0.1, 0.15) is 25.3 Å². The predicted octanol–water partition coefficient (Wildman–Crippen LogP) is 0.959. The molecule has 5 N–H and O–H groups in total. The van der Waals surface area contributed by atoms with Crippen molar-refractivity contribution in [1.82, 2.24) is 30.4 Å². The summed E-state index contributed by atoms with van der Waals surface area (Å²) in [7, 11) is 1.29. The van der Waals surface area contributed by atoms with E-state index in [0.29, 0.717) is 17.3 Å². The van der Waals surface area contributed by atoms with Crippen LogP contribution in [-0.2, 0) is 24.1 Å². The lowest BCUT2D eigenvalue weighted by atomic mass is 9.93. The molecule has 2 aromatic heterocycles. The number of nitrogens with two attached hydrogens (primary N) is 1. The Labute approximate surface area is 205 Å². The summed E-state index contributed by atoms with van der Waals surface area (Å²) < 4.78 is 0. The van der Waals surface area contributed by atoms with Crippen LogP contribution in [0, 0.1) is 0 Å². The number of nitrogen functional groups attached to an aromatic ring is 1. The SMILES string of the molecule is CCC(Sc1ncn[nH]1)C1=C(C(=O)O)N2C(=O)C[C@@H]2SC1(NC(=O)C=NOC)c1csc(N)n1. The molecule has 2 aliphatic heterocycles. The van der Waals surface area contributed by atoms with Gasteiger partial charge in [-0.15, -0.1) is 11.3 Å². The van der Waals surface area contributed by atoms with Crippen molar-refractivity contribution in [2.75, 3.05) is 12.8 Å². The molecule has 180 valence electrons. The molecule has 0 aliphatic carbocycles. The maximum Gasteiger partial charge on any atom is 0.352 e. The van der Waals surface area contributed by atoms with Gasteiger partial charge < -0.3 is 21.0 Å². The Morgan fingerprint density at radius 3 is 2.94 bits per heavy atom.